The summed E-state index contributed by atoms with van der Waals surface area (Å²) in [6, 6.07) is 7.99. The first-order valence-corrected chi connectivity index (χ1v) is 13.7. The zero-order valence-electron chi connectivity index (χ0n) is 19.6. The predicted molar refractivity (Wildman–Crippen MR) is 138 cm³/mol. The number of morpholine rings is 2. The van der Waals surface area contributed by atoms with Crippen LogP contribution in [0.15, 0.2) is 38.4 Å². The Labute approximate surface area is 222 Å². The summed E-state index contributed by atoms with van der Waals surface area (Å²) in [5.41, 5.74) is 4.22. The highest BCUT2D eigenvalue weighted by Crippen LogP contribution is 2.45. The summed E-state index contributed by atoms with van der Waals surface area (Å²) in [4.78, 5) is 2.98. The highest BCUT2D eigenvalue weighted by atomic mass is 79.9. The fourth-order valence-electron chi connectivity index (χ4n) is 4.85. The third-order valence-corrected chi connectivity index (χ3v) is 8.11. The van der Waals surface area contributed by atoms with Crippen LogP contribution in [0.3, 0.4) is 0 Å². The molecule has 0 radical (unpaired) electrons. The summed E-state index contributed by atoms with van der Waals surface area (Å²) in [7, 11) is 0. The van der Waals surface area contributed by atoms with Gasteiger partial charge in [0.05, 0.1) is 35.4 Å². The van der Waals surface area contributed by atoms with Gasteiger partial charge in [-0.3, -0.25) is 0 Å². The van der Waals surface area contributed by atoms with E-state index >= 15 is 0 Å². The van der Waals surface area contributed by atoms with Gasteiger partial charge < -0.3 is 34.0 Å². The fourth-order valence-corrected chi connectivity index (χ4v) is 5.76. The van der Waals surface area contributed by atoms with E-state index in [9.17, 15) is 5.21 Å². The minimum atomic E-state index is 0.530. The van der Waals surface area contributed by atoms with Gasteiger partial charge in [0, 0.05) is 11.1 Å². The van der Waals surface area contributed by atoms with Crippen LogP contribution in [-0.4, -0.2) is 89.8 Å². The zero-order valence-corrected chi connectivity index (χ0v) is 22.8. The molecular weight excluding hydrogens is 582 g/mol. The van der Waals surface area contributed by atoms with Crippen molar-refractivity contribution in [3.05, 3.63) is 44.3 Å². The zero-order chi connectivity index (χ0) is 24.2. The van der Waals surface area contributed by atoms with Gasteiger partial charge in [-0.15, -0.1) is 0 Å². The number of quaternary nitrogens is 2. The minimum Gasteiger partial charge on any atom is -0.487 e. The van der Waals surface area contributed by atoms with Crippen molar-refractivity contribution in [2.45, 2.75) is 0 Å². The molecule has 0 spiro atoms. The van der Waals surface area contributed by atoms with Crippen molar-refractivity contribution in [2.75, 3.05) is 78.9 Å². The Hall–Kier alpha value is -1.69. The van der Waals surface area contributed by atoms with E-state index in [1.54, 1.807) is 0 Å². The van der Waals surface area contributed by atoms with Crippen LogP contribution < -0.4 is 19.3 Å². The van der Waals surface area contributed by atoms with Gasteiger partial charge in [0.2, 0.25) is 0 Å². The molecule has 2 aromatic rings. The molecule has 3 N–H and O–H groups in total. The lowest BCUT2D eigenvalue weighted by Crippen LogP contribution is -3.14. The van der Waals surface area contributed by atoms with Gasteiger partial charge in [0.25, 0.3) is 0 Å². The molecule has 2 saturated heterocycles. The average molecular weight is 613 g/mol. The van der Waals surface area contributed by atoms with E-state index in [4.69, 9.17) is 18.9 Å². The van der Waals surface area contributed by atoms with Crippen molar-refractivity contribution in [2.24, 2.45) is 5.16 Å². The van der Waals surface area contributed by atoms with Crippen molar-refractivity contribution < 1.29 is 34.0 Å². The Balaban J connectivity index is 1.30. The van der Waals surface area contributed by atoms with E-state index in [0.29, 0.717) is 18.9 Å². The summed E-state index contributed by atoms with van der Waals surface area (Å²) in [6.07, 6.45) is 0. The SMILES string of the molecule is ON=C1c2cc(OCC[NH+]3CCOCC3)c(Br)cc2-c2cc(Br)c(OCC[NH+]3CCOCC3)cc21. The molecule has 1 aliphatic carbocycles. The topological polar surface area (TPSA) is 78.4 Å². The van der Waals surface area contributed by atoms with E-state index < -0.39 is 0 Å². The standard InChI is InChI=1S/C25H29Br2N3O5/c26-21-13-17-18-14-22(27)24(35-12-6-30-3-9-33-10-4-30)16-20(18)25(28-31)19(17)15-23(21)34-11-5-29-1-7-32-8-2-29/h13-16,31H,1-12H2/p+2. The Morgan fingerprint density at radius 3 is 1.54 bits per heavy atom. The molecule has 3 aliphatic rings. The fraction of sp³-hybridized carbons (Fsp3) is 0.480. The van der Waals surface area contributed by atoms with Gasteiger partial charge in [0.15, 0.2) is 0 Å². The first kappa shape index (κ1) is 25.0. The maximum atomic E-state index is 9.93. The quantitative estimate of drug-likeness (QED) is 0.261. The van der Waals surface area contributed by atoms with E-state index in [0.717, 1.165) is 108 Å². The maximum Gasteiger partial charge on any atom is 0.137 e. The predicted octanol–water partition coefficient (Wildman–Crippen LogP) is 1.01. The number of fused-ring (bicyclic) bond motifs is 3. The largest absolute Gasteiger partial charge is 0.487 e. The molecule has 0 aromatic heterocycles. The second-order valence-electron chi connectivity index (χ2n) is 9.03. The van der Waals surface area contributed by atoms with Crippen LogP contribution in [0.1, 0.15) is 11.1 Å². The third kappa shape index (κ3) is 5.68. The molecule has 0 bridgehead atoms. The molecule has 8 nitrogen and oxygen atoms in total. The molecule has 5 rings (SSSR count). The highest BCUT2D eigenvalue weighted by molar-refractivity contribution is 9.11. The van der Waals surface area contributed by atoms with Crippen LogP contribution >= 0.6 is 31.9 Å². The number of rotatable bonds is 8. The van der Waals surface area contributed by atoms with E-state index in [-0.39, 0.29) is 0 Å². The Kier molecular flexibility index (Phi) is 8.26. The molecule has 10 heteroatoms. The monoisotopic (exact) mass is 611 g/mol. The molecule has 0 atom stereocenters. The smallest absolute Gasteiger partial charge is 0.137 e. The molecule has 35 heavy (non-hydrogen) atoms. The summed E-state index contributed by atoms with van der Waals surface area (Å²) in [5, 5.41) is 13.6. The Bertz CT molecular complexity index is 1000. The summed E-state index contributed by atoms with van der Waals surface area (Å²) < 4.78 is 24.9. The number of ether oxygens (including phenoxy) is 4. The van der Waals surface area contributed by atoms with Crippen molar-refractivity contribution in [1.29, 1.82) is 0 Å². The molecule has 0 saturated carbocycles. The first-order chi connectivity index (χ1) is 17.1. The summed E-state index contributed by atoms with van der Waals surface area (Å²) >= 11 is 7.35. The molecule has 2 aromatic carbocycles. The van der Waals surface area contributed by atoms with Crippen LogP contribution in [0.5, 0.6) is 11.5 Å². The Morgan fingerprint density at radius 1 is 0.714 bits per heavy atom. The van der Waals surface area contributed by atoms with Crippen molar-refractivity contribution >= 4 is 37.6 Å². The van der Waals surface area contributed by atoms with Gasteiger partial charge in [0.1, 0.15) is 69.7 Å². The molecular formula is C25H31Br2N3O5+2. The van der Waals surface area contributed by atoms with Crippen LogP contribution in [0, 0.1) is 0 Å². The number of nitrogens with zero attached hydrogens (tertiary/aromatic N) is 1. The summed E-state index contributed by atoms with van der Waals surface area (Å²) in [6.45, 7) is 10.4. The van der Waals surface area contributed by atoms with Crippen molar-refractivity contribution in [3.63, 3.8) is 0 Å². The second-order valence-corrected chi connectivity index (χ2v) is 10.7. The normalized spacial score (nSPS) is 18.3. The van der Waals surface area contributed by atoms with Crippen LogP contribution in [0.2, 0.25) is 0 Å². The molecule has 2 aliphatic heterocycles. The van der Waals surface area contributed by atoms with Gasteiger partial charge in [-0.1, -0.05) is 5.16 Å². The van der Waals surface area contributed by atoms with Crippen LogP contribution in [0.4, 0.5) is 0 Å². The van der Waals surface area contributed by atoms with Crippen LogP contribution in [-0.2, 0) is 9.47 Å². The number of hydrogen-bond donors (Lipinski definition) is 3. The Morgan fingerprint density at radius 2 is 1.14 bits per heavy atom. The number of halogens is 2. The molecule has 0 unspecified atom stereocenters. The van der Waals surface area contributed by atoms with E-state index in [1.807, 2.05) is 24.3 Å². The minimum absolute atomic E-state index is 0.530. The molecule has 2 heterocycles. The van der Waals surface area contributed by atoms with Crippen LogP contribution in [0.25, 0.3) is 11.1 Å². The average Bonchev–Trinajstić information content (AvgIpc) is 3.16. The van der Waals surface area contributed by atoms with E-state index in [2.05, 4.69) is 37.0 Å². The second kappa shape index (κ2) is 11.6. The highest BCUT2D eigenvalue weighted by Gasteiger charge is 2.29. The van der Waals surface area contributed by atoms with Gasteiger partial charge in [-0.2, -0.15) is 0 Å². The lowest BCUT2D eigenvalue weighted by molar-refractivity contribution is -0.908. The van der Waals surface area contributed by atoms with Crippen molar-refractivity contribution in [1.82, 2.24) is 0 Å². The lowest BCUT2D eigenvalue weighted by atomic mass is 10.1. The number of benzene rings is 2. The van der Waals surface area contributed by atoms with Crippen molar-refractivity contribution in [3.8, 4) is 22.6 Å². The lowest BCUT2D eigenvalue weighted by Gasteiger charge is -2.23. The van der Waals surface area contributed by atoms with Gasteiger partial charge in [-0.25, -0.2) is 0 Å². The number of oxime groups is 1. The first-order valence-electron chi connectivity index (χ1n) is 12.1. The molecule has 188 valence electrons. The van der Waals surface area contributed by atoms with E-state index in [1.165, 1.54) is 9.80 Å². The molecule has 2 fully saturated rings. The van der Waals surface area contributed by atoms with Gasteiger partial charge in [-0.05, 0) is 67.3 Å². The summed E-state index contributed by atoms with van der Waals surface area (Å²) in [5.74, 6) is 1.49. The molecule has 0 amide bonds. The maximum absolute atomic E-state index is 9.93. The number of nitrogens with one attached hydrogen (secondary N) is 2. The van der Waals surface area contributed by atoms with Gasteiger partial charge >= 0.3 is 0 Å². The third-order valence-electron chi connectivity index (χ3n) is 6.87. The number of hydrogen-bond acceptors (Lipinski definition) is 6.